The van der Waals surface area contributed by atoms with Gasteiger partial charge in [-0.05, 0) is 43.4 Å². The molecule has 0 radical (unpaired) electrons. The third-order valence-electron chi connectivity index (χ3n) is 6.89. The van der Waals surface area contributed by atoms with Gasteiger partial charge in [0, 0.05) is 20.1 Å². The Balaban J connectivity index is 6.08. The molecule has 0 saturated heterocycles. The molecule has 0 bridgehead atoms. The van der Waals surface area contributed by atoms with Crippen LogP contribution in [-0.2, 0) is 27.6 Å². The first kappa shape index (κ1) is 36.5. The van der Waals surface area contributed by atoms with Gasteiger partial charge in [-0.15, -0.1) is 0 Å². The number of hydrogen-bond acceptors (Lipinski definition) is 6. The van der Waals surface area contributed by atoms with E-state index >= 15 is 0 Å². The Labute approximate surface area is 230 Å². The van der Waals surface area contributed by atoms with E-state index in [0.29, 0.717) is 36.4 Å². The summed E-state index contributed by atoms with van der Waals surface area (Å²) in [6.07, 6.45) is 7.01. The standard InChI is InChI=1S/C28H57O6PSi2/c1-14-32-35(30,33-15-2)26(10)17-18-27(34-37(22(3)4,23(5)6)24(7)8)25(9)16-19-28(29)31-20-21-36(11,12)13/h16-19,22-27H,14-15,20-21H2,1-13H3/b18-17?,19-16+/t25-,26?,27-/m0/s1. The number of carbonyl (C=O) groups excluding carboxylic acids is 1. The molecule has 0 aliphatic heterocycles. The average molecular weight is 577 g/mol. The van der Waals surface area contributed by atoms with E-state index < -0.39 is 29.6 Å². The molecular formula is C28H57O6PSi2. The van der Waals surface area contributed by atoms with E-state index in [4.69, 9.17) is 18.2 Å². The summed E-state index contributed by atoms with van der Waals surface area (Å²) >= 11 is 0. The topological polar surface area (TPSA) is 71.1 Å². The lowest BCUT2D eigenvalue weighted by molar-refractivity contribution is -0.137. The molecule has 0 fully saturated rings. The first-order valence-electron chi connectivity index (χ1n) is 14.1. The summed E-state index contributed by atoms with van der Waals surface area (Å²) in [4.78, 5) is 12.4. The second-order valence-electron chi connectivity index (χ2n) is 12.1. The quantitative estimate of drug-likeness (QED) is 0.0534. The summed E-state index contributed by atoms with van der Waals surface area (Å²) in [7, 11) is -6.78. The van der Waals surface area contributed by atoms with E-state index in [1.54, 1.807) is 0 Å². The molecule has 0 aromatic carbocycles. The van der Waals surface area contributed by atoms with Crippen LogP contribution in [0.5, 0.6) is 0 Å². The molecule has 37 heavy (non-hydrogen) atoms. The molecule has 0 aromatic rings. The van der Waals surface area contributed by atoms with Crippen molar-refractivity contribution < 1.29 is 27.6 Å². The van der Waals surface area contributed by atoms with Crippen LogP contribution in [0.25, 0.3) is 0 Å². The molecule has 218 valence electrons. The van der Waals surface area contributed by atoms with Gasteiger partial charge in [0.05, 0.1) is 31.6 Å². The van der Waals surface area contributed by atoms with Crippen LogP contribution in [0.4, 0.5) is 0 Å². The van der Waals surface area contributed by atoms with Crippen molar-refractivity contribution in [1.29, 1.82) is 0 Å². The lowest BCUT2D eigenvalue weighted by atomic mass is 10.0. The van der Waals surface area contributed by atoms with Crippen LogP contribution >= 0.6 is 7.60 Å². The fourth-order valence-corrected chi connectivity index (χ4v) is 12.7. The highest BCUT2D eigenvalue weighted by atomic mass is 31.2. The van der Waals surface area contributed by atoms with E-state index in [-0.39, 0.29) is 18.0 Å². The Morgan fingerprint density at radius 3 is 1.70 bits per heavy atom. The molecule has 0 aromatic heterocycles. The maximum absolute atomic E-state index is 13.3. The summed E-state index contributed by atoms with van der Waals surface area (Å²) in [6.45, 7) is 28.9. The number of allylic oxidation sites excluding steroid dienone is 1. The monoisotopic (exact) mass is 576 g/mol. The molecule has 0 aliphatic rings. The highest BCUT2D eigenvalue weighted by Crippen LogP contribution is 2.53. The summed E-state index contributed by atoms with van der Waals surface area (Å²) in [6, 6.07) is 0.944. The van der Waals surface area contributed by atoms with Crippen molar-refractivity contribution in [3.63, 3.8) is 0 Å². The van der Waals surface area contributed by atoms with Gasteiger partial charge in [-0.3, -0.25) is 4.57 Å². The molecule has 0 heterocycles. The zero-order valence-electron chi connectivity index (χ0n) is 26.0. The summed E-state index contributed by atoms with van der Waals surface area (Å²) < 4.78 is 37.0. The van der Waals surface area contributed by atoms with Gasteiger partial charge < -0.3 is 18.2 Å². The Morgan fingerprint density at radius 2 is 1.30 bits per heavy atom. The minimum absolute atomic E-state index is 0.0883. The average Bonchev–Trinajstić information content (AvgIpc) is 2.76. The number of esters is 1. The second kappa shape index (κ2) is 16.6. The molecule has 3 atom stereocenters. The van der Waals surface area contributed by atoms with Crippen molar-refractivity contribution in [2.45, 2.75) is 123 Å². The predicted molar refractivity (Wildman–Crippen MR) is 163 cm³/mol. The van der Waals surface area contributed by atoms with Gasteiger partial charge in [-0.2, -0.15) is 0 Å². The minimum Gasteiger partial charge on any atom is -0.463 e. The fourth-order valence-electron chi connectivity index (χ4n) is 4.82. The third kappa shape index (κ3) is 12.0. The maximum Gasteiger partial charge on any atom is 0.337 e. The normalized spacial score (nSPS) is 16.3. The second-order valence-corrected chi connectivity index (χ2v) is 25.5. The van der Waals surface area contributed by atoms with E-state index in [2.05, 4.69) is 68.1 Å². The highest BCUT2D eigenvalue weighted by molar-refractivity contribution is 7.54. The molecule has 0 amide bonds. The number of ether oxygens (including phenoxy) is 1. The highest BCUT2D eigenvalue weighted by Gasteiger charge is 2.47. The first-order chi connectivity index (χ1) is 17.0. The summed E-state index contributed by atoms with van der Waals surface area (Å²) in [5, 5.41) is 0. The molecule has 0 aliphatic carbocycles. The Hall–Kier alpha value is -0.506. The van der Waals surface area contributed by atoms with Crippen LogP contribution < -0.4 is 0 Å². The number of rotatable bonds is 18. The van der Waals surface area contributed by atoms with Crippen molar-refractivity contribution >= 4 is 30.0 Å². The van der Waals surface area contributed by atoms with Gasteiger partial charge in [-0.1, -0.05) is 86.3 Å². The van der Waals surface area contributed by atoms with Gasteiger partial charge >= 0.3 is 13.6 Å². The Kier molecular flexibility index (Phi) is 16.3. The summed E-state index contributed by atoms with van der Waals surface area (Å²) in [5.41, 5.74) is 0.791. The van der Waals surface area contributed by atoms with Crippen molar-refractivity contribution in [1.82, 2.24) is 0 Å². The SMILES string of the molecule is CCOP(=O)(OCC)C(C)C=C[C@H](O[Si](C(C)C)(C(C)C)C(C)C)[C@@H](C)/C=C/C(=O)OCC[Si](C)(C)C. The molecule has 9 heteroatoms. The van der Waals surface area contributed by atoms with Crippen molar-refractivity contribution in [3.05, 3.63) is 24.3 Å². The maximum atomic E-state index is 13.3. The summed E-state index contributed by atoms with van der Waals surface area (Å²) in [5.74, 6) is -0.409. The van der Waals surface area contributed by atoms with Crippen molar-refractivity contribution in [2.75, 3.05) is 19.8 Å². The van der Waals surface area contributed by atoms with Gasteiger partial charge in [0.15, 0.2) is 0 Å². The van der Waals surface area contributed by atoms with E-state index in [0.717, 1.165) is 6.04 Å². The predicted octanol–water partition coefficient (Wildman–Crippen LogP) is 8.83. The lowest BCUT2D eigenvalue weighted by Gasteiger charge is -2.45. The zero-order valence-corrected chi connectivity index (χ0v) is 28.9. The number of carbonyl (C=O) groups is 1. The third-order valence-corrected chi connectivity index (χ3v) is 17.1. The van der Waals surface area contributed by atoms with E-state index in [1.165, 1.54) is 6.08 Å². The van der Waals surface area contributed by atoms with Gasteiger partial charge in [0.1, 0.15) is 0 Å². The molecule has 0 spiro atoms. The van der Waals surface area contributed by atoms with Crippen molar-refractivity contribution in [3.8, 4) is 0 Å². The lowest BCUT2D eigenvalue weighted by Crippen LogP contribution is -2.50. The van der Waals surface area contributed by atoms with Crippen LogP contribution in [-0.4, -0.2) is 53.9 Å². The molecule has 0 rings (SSSR count). The molecule has 0 N–H and O–H groups in total. The molecular weight excluding hydrogens is 519 g/mol. The van der Waals surface area contributed by atoms with Crippen LogP contribution in [0.3, 0.4) is 0 Å². The van der Waals surface area contributed by atoms with Crippen molar-refractivity contribution in [2.24, 2.45) is 5.92 Å². The van der Waals surface area contributed by atoms with E-state index in [9.17, 15) is 9.36 Å². The van der Waals surface area contributed by atoms with Gasteiger partial charge in [0.2, 0.25) is 8.32 Å². The molecule has 1 unspecified atom stereocenters. The van der Waals surface area contributed by atoms with Crippen LogP contribution in [0.2, 0.25) is 42.3 Å². The zero-order chi connectivity index (χ0) is 29.0. The molecule has 6 nitrogen and oxygen atoms in total. The minimum atomic E-state index is -3.28. The number of hydrogen-bond donors (Lipinski definition) is 0. The fraction of sp³-hybridized carbons (Fsp3) is 0.821. The van der Waals surface area contributed by atoms with Gasteiger partial charge in [0.25, 0.3) is 0 Å². The smallest absolute Gasteiger partial charge is 0.337 e. The largest absolute Gasteiger partial charge is 0.463 e. The van der Waals surface area contributed by atoms with E-state index in [1.807, 2.05) is 39.0 Å². The van der Waals surface area contributed by atoms with Crippen LogP contribution in [0, 0.1) is 5.92 Å². The van der Waals surface area contributed by atoms with Crippen LogP contribution in [0.1, 0.15) is 69.2 Å². The molecule has 0 saturated carbocycles. The van der Waals surface area contributed by atoms with Crippen LogP contribution in [0.15, 0.2) is 24.3 Å². The van der Waals surface area contributed by atoms with Gasteiger partial charge in [-0.25, -0.2) is 4.79 Å². The Bertz CT molecular complexity index is 741. The Morgan fingerprint density at radius 1 is 0.811 bits per heavy atom. The first-order valence-corrected chi connectivity index (χ1v) is 21.5.